The Bertz CT molecular complexity index is 427. The standard InChI is InChI=1S/C14H21N3O/c1-10-9-12(5-6-13(10)17-15)14(18)16-8-7-11-3-2-4-11/h5-6,9,11,17H,2-4,7-8,15H2,1H3,(H,16,18). The van der Waals surface area contributed by atoms with Crippen LogP contribution < -0.4 is 16.6 Å². The van der Waals surface area contributed by atoms with Crippen LogP contribution >= 0.6 is 0 Å². The van der Waals surface area contributed by atoms with Crippen molar-refractivity contribution in [3.63, 3.8) is 0 Å². The van der Waals surface area contributed by atoms with Gasteiger partial charge in [-0.25, -0.2) is 0 Å². The highest BCUT2D eigenvalue weighted by Gasteiger charge is 2.17. The second-order valence-electron chi connectivity index (χ2n) is 5.02. The van der Waals surface area contributed by atoms with E-state index in [1.54, 1.807) is 6.07 Å². The molecule has 0 spiro atoms. The largest absolute Gasteiger partial charge is 0.352 e. The molecule has 2 rings (SSSR count). The van der Waals surface area contributed by atoms with Gasteiger partial charge in [0.25, 0.3) is 5.91 Å². The van der Waals surface area contributed by atoms with Gasteiger partial charge in [-0.15, -0.1) is 0 Å². The summed E-state index contributed by atoms with van der Waals surface area (Å²) in [5, 5.41) is 2.97. The van der Waals surface area contributed by atoms with Crippen LogP contribution in [0.3, 0.4) is 0 Å². The molecule has 0 atom stereocenters. The van der Waals surface area contributed by atoms with Crippen LogP contribution in [0.25, 0.3) is 0 Å². The van der Waals surface area contributed by atoms with Crippen molar-refractivity contribution in [2.75, 3.05) is 12.0 Å². The molecule has 1 aromatic rings. The van der Waals surface area contributed by atoms with E-state index >= 15 is 0 Å². The first-order chi connectivity index (χ1) is 8.70. The molecule has 4 nitrogen and oxygen atoms in total. The Kier molecular flexibility index (Phi) is 4.20. The Morgan fingerprint density at radius 2 is 2.22 bits per heavy atom. The first kappa shape index (κ1) is 12.9. The Morgan fingerprint density at radius 1 is 1.44 bits per heavy atom. The van der Waals surface area contributed by atoms with E-state index in [4.69, 9.17) is 5.84 Å². The second kappa shape index (κ2) is 5.87. The lowest BCUT2D eigenvalue weighted by atomic mass is 9.83. The number of carbonyl (C=O) groups is 1. The van der Waals surface area contributed by atoms with Crippen LogP contribution in [0.4, 0.5) is 5.69 Å². The summed E-state index contributed by atoms with van der Waals surface area (Å²) in [5.74, 6) is 6.19. The number of nitrogen functional groups attached to an aromatic ring is 1. The van der Waals surface area contributed by atoms with Crippen LogP contribution in [0.1, 0.15) is 41.6 Å². The quantitative estimate of drug-likeness (QED) is 0.552. The third-order valence-electron chi connectivity index (χ3n) is 3.71. The average molecular weight is 247 g/mol. The minimum Gasteiger partial charge on any atom is -0.352 e. The molecule has 0 radical (unpaired) electrons. The fourth-order valence-corrected chi connectivity index (χ4v) is 2.24. The molecule has 0 bridgehead atoms. The predicted octanol–water partition coefficient (Wildman–Crippen LogP) is 2.20. The summed E-state index contributed by atoms with van der Waals surface area (Å²) in [6.07, 6.45) is 5.11. The number of hydrazine groups is 1. The van der Waals surface area contributed by atoms with Crippen molar-refractivity contribution in [1.29, 1.82) is 0 Å². The van der Waals surface area contributed by atoms with Crippen molar-refractivity contribution in [3.05, 3.63) is 29.3 Å². The van der Waals surface area contributed by atoms with Gasteiger partial charge in [0.15, 0.2) is 0 Å². The van der Waals surface area contributed by atoms with Crippen molar-refractivity contribution in [1.82, 2.24) is 5.32 Å². The van der Waals surface area contributed by atoms with Crippen LogP contribution in [0.5, 0.6) is 0 Å². The molecule has 18 heavy (non-hydrogen) atoms. The van der Waals surface area contributed by atoms with Gasteiger partial charge in [0.2, 0.25) is 0 Å². The number of nitrogens with one attached hydrogen (secondary N) is 2. The van der Waals surface area contributed by atoms with E-state index in [0.29, 0.717) is 5.56 Å². The average Bonchev–Trinajstić information content (AvgIpc) is 2.32. The monoisotopic (exact) mass is 247 g/mol. The summed E-state index contributed by atoms with van der Waals surface area (Å²) >= 11 is 0. The van der Waals surface area contributed by atoms with Crippen molar-refractivity contribution in [2.45, 2.75) is 32.6 Å². The third-order valence-corrected chi connectivity index (χ3v) is 3.71. The molecule has 0 saturated heterocycles. The Labute approximate surface area is 108 Å². The molecule has 0 heterocycles. The fraction of sp³-hybridized carbons (Fsp3) is 0.500. The number of amides is 1. The molecule has 1 amide bonds. The maximum absolute atomic E-state index is 11.9. The Balaban J connectivity index is 1.85. The number of aryl methyl sites for hydroxylation is 1. The SMILES string of the molecule is Cc1cc(C(=O)NCCC2CCC2)ccc1NN. The number of benzene rings is 1. The van der Waals surface area contributed by atoms with Crippen molar-refractivity contribution in [2.24, 2.45) is 11.8 Å². The normalized spacial score (nSPS) is 15.0. The van der Waals surface area contributed by atoms with Gasteiger partial charge in [-0.2, -0.15) is 0 Å². The molecule has 0 aromatic heterocycles. The number of rotatable bonds is 5. The highest BCUT2D eigenvalue weighted by molar-refractivity contribution is 5.94. The lowest BCUT2D eigenvalue weighted by Crippen LogP contribution is -2.27. The van der Waals surface area contributed by atoms with Gasteiger partial charge in [0.1, 0.15) is 0 Å². The molecule has 1 aromatic carbocycles. The van der Waals surface area contributed by atoms with Crippen LogP contribution in [0.2, 0.25) is 0 Å². The molecule has 1 saturated carbocycles. The highest BCUT2D eigenvalue weighted by atomic mass is 16.1. The van der Waals surface area contributed by atoms with E-state index in [0.717, 1.165) is 30.1 Å². The molecule has 1 aliphatic rings. The molecule has 98 valence electrons. The summed E-state index contributed by atoms with van der Waals surface area (Å²) in [7, 11) is 0. The van der Waals surface area contributed by atoms with Gasteiger partial charge in [0, 0.05) is 12.1 Å². The van der Waals surface area contributed by atoms with E-state index in [9.17, 15) is 4.79 Å². The summed E-state index contributed by atoms with van der Waals surface area (Å²) < 4.78 is 0. The fourth-order valence-electron chi connectivity index (χ4n) is 2.24. The van der Waals surface area contributed by atoms with E-state index in [-0.39, 0.29) is 5.91 Å². The lowest BCUT2D eigenvalue weighted by molar-refractivity contribution is 0.0949. The zero-order valence-electron chi connectivity index (χ0n) is 10.8. The van der Waals surface area contributed by atoms with E-state index in [1.165, 1.54) is 19.3 Å². The smallest absolute Gasteiger partial charge is 0.251 e. The molecule has 1 aliphatic carbocycles. The molecule has 4 heteroatoms. The Morgan fingerprint density at radius 3 is 2.78 bits per heavy atom. The maximum atomic E-state index is 11.9. The van der Waals surface area contributed by atoms with Gasteiger partial charge in [-0.3, -0.25) is 10.6 Å². The summed E-state index contributed by atoms with van der Waals surface area (Å²) in [6, 6.07) is 5.48. The summed E-state index contributed by atoms with van der Waals surface area (Å²) in [4.78, 5) is 11.9. The van der Waals surface area contributed by atoms with Gasteiger partial charge >= 0.3 is 0 Å². The molecular formula is C14H21N3O. The highest BCUT2D eigenvalue weighted by Crippen LogP contribution is 2.28. The molecule has 1 fully saturated rings. The number of carbonyl (C=O) groups excluding carboxylic acids is 1. The van der Waals surface area contributed by atoms with Crippen LogP contribution in [-0.4, -0.2) is 12.5 Å². The zero-order chi connectivity index (χ0) is 13.0. The second-order valence-corrected chi connectivity index (χ2v) is 5.02. The lowest BCUT2D eigenvalue weighted by Gasteiger charge is -2.25. The van der Waals surface area contributed by atoms with E-state index < -0.39 is 0 Å². The van der Waals surface area contributed by atoms with Crippen molar-refractivity contribution in [3.8, 4) is 0 Å². The van der Waals surface area contributed by atoms with Crippen molar-refractivity contribution >= 4 is 11.6 Å². The van der Waals surface area contributed by atoms with Crippen LogP contribution in [0.15, 0.2) is 18.2 Å². The van der Waals surface area contributed by atoms with Crippen LogP contribution in [0, 0.1) is 12.8 Å². The van der Waals surface area contributed by atoms with E-state index in [2.05, 4.69) is 10.7 Å². The number of nitrogens with two attached hydrogens (primary N) is 1. The number of anilines is 1. The topological polar surface area (TPSA) is 67.2 Å². The van der Waals surface area contributed by atoms with E-state index in [1.807, 2.05) is 19.1 Å². The number of hydrogen-bond donors (Lipinski definition) is 3. The predicted molar refractivity (Wildman–Crippen MR) is 73.3 cm³/mol. The minimum atomic E-state index is 0.000921. The summed E-state index contributed by atoms with van der Waals surface area (Å²) in [6.45, 7) is 2.71. The molecule has 0 aliphatic heterocycles. The number of hydrogen-bond acceptors (Lipinski definition) is 3. The first-order valence-corrected chi connectivity index (χ1v) is 6.56. The third kappa shape index (κ3) is 3.01. The summed E-state index contributed by atoms with van der Waals surface area (Å²) in [5.41, 5.74) is 5.12. The van der Waals surface area contributed by atoms with Gasteiger partial charge in [-0.05, 0) is 43.0 Å². The molecular weight excluding hydrogens is 226 g/mol. The Hall–Kier alpha value is -1.55. The van der Waals surface area contributed by atoms with Crippen molar-refractivity contribution < 1.29 is 4.79 Å². The zero-order valence-corrected chi connectivity index (χ0v) is 10.8. The molecule has 4 N–H and O–H groups in total. The van der Waals surface area contributed by atoms with Crippen LogP contribution in [-0.2, 0) is 0 Å². The van der Waals surface area contributed by atoms with Gasteiger partial charge in [0.05, 0.1) is 5.69 Å². The first-order valence-electron chi connectivity index (χ1n) is 6.56. The maximum Gasteiger partial charge on any atom is 0.251 e. The minimum absolute atomic E-state index is 0.000921. The molecule has 0 unspecified atom stereocenters. The van der Waals surface area contributed by atoms with Gasteiger partial charge < -0.3 is 10.7 Å². The van der Waals surface area contributed by atoms with Gasteiger partial charge in [-0.1, -0.05) is 19.3 Å².